The normalized spacial score (nSPS) is 12.4. The van der Waals surface area contributed by atoms with E-state index in [1.807, 2.05) is 0 Å². The molecule has 0 aromatic heterocycles. The number of carbonyl (C=O) groups is 1. The van der Waals surface area contributed by atoms with Crippen molar-refractivity contribution in [1.82, 2.24) is 5.32 Å². The van der Waals surface area contributed by atoms with Crippen molar-refractivity contribution in [2.45, 2.75) is 174 Å². The molecule has 2 nitrogen and oxygen atoms in total. The van der Waals surface area contributed by atoms with E-state index in [9.17, 15) is 4.79 Å². The second-order valence-electron chi connectivity index (χ2n) is 9.85. The molecule has 0 amide bonds. The Morgan fingerprint density at radius 1 is 0.516 bits per heavy atom. The van der Waals surface area contributed by atoms with Crippen LogP contribution in [0.15, 0.2) is 0 Å². The van der Waals surface area contributed by atoms with Crippen molar-refractivity contribution in [2.75, 3.05) is 6.54 Å². The first kappa shape index (κ1) is 30.6. The van der Waals surface area contributed by atoms with Crippen molar-refractivity contribution in [3.05, 3.63) is 0 Å². The lowest BCUT2D eigenvalue weighted by Crippen LogP contribution is -2.36. The molecule has 1 unspecified atom stereocenters. The van der Waals surface area contributed by atoms with Crippen LogP contribution in [-0.2, 0) is 4.79 Å². The lowest BCUT2D eigenvalue weighted by Gasteiger charge is -2.15. The van der Waals surface area contributed by atoms with Gasteiger partial charge in [0.2, 0.25) is 0 Å². The number of unbranched alkanes of at least 4 members (excludes halogenated alkanes) is 19. The summed E-state index contributed by atoms with van der Waals surface area (Å²) < 4.78 is 0. The minimum Gasteiger partial charge on any atom is -0.307 e. The van der Waals surface area contributed by atoms with Crippen LogP contribution in [0, 0.1) is 0 Å². The minimum absolute atomic E-state index is 0.0992. The molecule has 0 fully saturated rings. The molecule has 31 heavy (non-hydrogen) atoms. The van der Waals surface area contributed by atoms with Crippen LogP contribution in [0.3, 0.4) is 0 Å². The highest BCUT2D eigenvalue weighted by molar-refractivity contribution is 5.83. The van der Waals surface area contributed by atoms with Crippen molar-refractivity contribution in [3.8, 4) is 0 Å². The van der Waals surface area contributed by atoms with Crippen molar-refractivity contribution in [1.29, 1.82) is 0 Å². The molecule has 0 saturated carbocycles. The highest BCUT2D eigenvalue weighted by Crippen LogP contribution is 2.15. The summed E-state index contributed by atoms with van der Waals surface area (Å²) in [5, 5.41) is 3.43. The number of hydrogen-bond acceptors (Lipinski definition) is 2. The van der Waals surface area contributed by atoms with Crippen molar-refractivity contribution >= 4 is 5.78 Å². The van der Waals surface area contributed by atoms with E-state index < -0.39 is 0 Å². The molecule has 0 bridgehead atoms. The van der Waals surface area contributed by atoms with Crippen LogP contribution in [0.1, 0.15) is 168 Å². The summed E-state index contributed by atoms with van der Waals surface area (Å²) in [7, 11) is 0. The molecular weight excluding hydrogens is 378 g/mol. The Hall–Kier alpha value is -0.370. The molecule has 2 heteroatoms. The van der Waals surface area contributed by atoms with Gasteiger partial charge in [-0.2, -0.15) is 0 Å². The number of ketones is 1. The lowest BCUT2D eigenvalue weighted by atomic mass is 10.0. The Balaban J connectivity index is 3.25. The molecule has 1 atom stereocenters. The number of Topliss-reactive ketones (excluding diaryl/α,β-unsaturated/α-hetero) is 1. The van der Waals surface area contributed by atoms with Crippen LogP contribution in [-0.4, -0.2) is 18.4 Å². The van der Waals surface area contributed by atoms with Crippen LogP contribution in [0.4, 0.5) is 0 Å². The van der Waals surface area contributed by atoms with Gasteiger partial charge in [0.25, 0.3) is 0 Å². The summed E-state index contributed by atoms with van der Waals surface area (Å²) in [4.78, 5) is 12.3. The van der Waals surface area contributed by atoms with E-state index in [4.69, 9.17) is 0 Å². The third-order valence-corrected chi connectivity index (χ3v) is 6.74. The fourth-order valence-corrected chi connectivity index (χ4v) is 4.49. The molecule has 1 N–H and O–H groups in total. The van der Waals surface area contributed by atoms with E-state index in [1.54, 1.807) is 0 Å². The topological polar surface area (TPSA) is 29.1 Å². The zero-order valence-corrected chi connectivity index (χ0v) is 22.0. The number of nitrogens with one attached hydrogen (secondary N) is 1. The van der Waals surface area contributed by atoms with Gasteiger partial charge in [0, 0.05) is 6.42 Å². The summed E-state index contributed by atoms with van der Waals surface area (Å²) in [6, 6.07) is 0.0992. The Kier molecular flexibility index (Phi) is 25.6. The maximum absolute atomic E-state index is 12.3. The summed E-state index contributed by atoms with van der Waals surface area (Å²) in [6.07, 6.45) is 30.6. The first-order valence-electron chi connectivity index (χ1n) is 14.5. The van der Waals surface area contributed by atoms with E-state index in [2.05, 4.69) is 26.1 Å². The second kappa shape index (κ2) is 25.9. The molecule has 0 aromatic carbocycles. The molecule has 0 spiro atoms. The summed E-state index contributed by atoms with van der Waals surface area (Å²) in [5.74, 6) is 0.436. The third-order valence-electron chi connectivity index (χ3n) is 6.74. The standard InChI is InChI=1S/C29H59NO/c1-4-7-9-10-11-12-13-14-15-16-17-18-19-20-21-22-23-24-25-26-29(31)28(6-3)30-27-8-5-2/h28,30H,4-27H2,1-3H3. The van der Waals surface area contributed by atoms with Crippen LogP contribution in [0.5, 0.6) is 0 Å². The minimum atomic E-state index is 0.0992. The number of hydrogen-bond donors (Lipinski definition) is 1. The van der Waals surface area contributed by atoms with Gasteiger partial charge in [-0.1, -0.05) is 143 Å². The van der Waals surface area contributed by atoms with E-state index in [-0.39, 0.29) is 6.04 Å². The zero-order chi connectivity index (χ0) is 22.8. The van der Waals surface area contributed by atoms with Gasteiger partial charge in [0.15, 0.2) is 0 Å². The molecule has 0 aliphatic heterocycles. The molecule has 186 valence electrons. The van der Waals surface area contributed by atoms with Crippen LogP contribution >= 0.6 is 0 Å². The van der Waals surface area contributed by atoms with Crippen molar-refractivity contribution in [3.63, 3.8) is 0 Å². The quantitative estimate of drug-likeness (QED) is 0.136. The smallest absolute Gasteiger partial charge is 0.149 e. The van der Waals surface area contributed by atoms with Gasteiger partial charge in [0.05, 0.1) is 6.04 Å². The van der Waals surface area contributed by atoms with E-state index >= 15 is 0 Å². The van der Waals surface area contributed by atoms with Gasteiger partial charge in [-0.25, -0.2) is 0 Å². The molecule has 0 heterocycles. The van der Waals surface area contributed by atoms with Gasteiger partial charge < -0.3 is 5.32 Å². The maximum Gasteiger partial charge on any atom is 0.149 e. The summed E-state index contributed by atoms with van der Waals surface area (Å²) in [6.45, 7) is 7.60. The number of rotatable bonds is 26. The zero-order valence-electron chi connectivity index (χ0n) is 22.0. The Labute approximate surface area is 197 Å². The van der Waals surface area contributed by atoms with Gasteiger partial charge >= 0.3 is 0 Å². The van der Waals surface area contributed by atoms with Gasteiger partial charge in [0.1, 0.15) is 5.78 Å². The molecular formula is C29H59NO. The Bertz CT molecular complexity index is 355. The van der Waals surface area contributed by atoms with Crippen molar-refractivity contribution in [2.24, 2.45) is 0 Å². The van der Waals surface area contributed by atoms with Gasteiger partial charge in [-0.3, -0.25) is 4.79 Å². The maximum atomic E-state index is 12.3. The summed E-state index contributed by atoms with van der Waals surface area (Å²) in [5.41, 5.74) is 0. The average Bonchev–Trinajstić information content (AvgIpc) is 2.78. The average molecular weight is 438 g/mol. The fraction of sp³-hybridized carbons (Fsp3) is 0.966. The highest BCUT2D eigenvalue weighted by atomic mass is 16.1. The van der Waals surface area contributed by atoms with Gasteiger partial charge in [-0.15, -0.1) is 0 Å². The molecule has 0 aromatic rings. The molecule has 0 rings (SSSR count). The van der Waals surface area contributed by atoms with Crippen LogP contribution in [0.2, 0.25) is 0 Å². The lowest BCUT2D eigenvalue weighted by molar-refractivity contribution is -0.121. The molecule has 0 aliphatic carbocycles. The first-order valence-corrected chi connectivity index (χ1v) is 14.5. The first-order chi connectivity index (χ1) is 15.3. The summed E-state index contributed by atoms with van der Waals surface area (Å²) >= 11 is 0. The van der Waals surface area contributed by atoms with E-state index in [0.29, 0.717) is 5.78 Å². The van der Waals surface area contributed by atoms with Crippen molar-refractivity contribution < 1.29 is 4.79 Å². The predicted molar refractivity (Wildman–Crippen MR) is 140 cm³/mol. The molecule has 0 saturated heterocycles. The molecule has 0 aliphatic rings. The fourth-order valence-electron chi connectivity index (χ4n) is 4.49. The molecule has 0 radical (unpaired) electrons. The Morgan fingerprint density at radius 3 is 1.23 bits per heavy atom. The SMILES string of the molecule is CCCCCCCCCCCCCCCCCCCCCC(=O)C(CC)NCCCC. The van der Waals surface area contributed by atoms with E-state index in [1.165, 1.54) is 128 Å². The number of carbonyl (C=O) groups excluding carboxylic acids is 1. The van der Waals surface area contributed by atoms with E-state index in [0.717, 1.165) is 25.8 Å². The van der Waals surface area contributed by atoms with Crippen LogP contribution < -0.4 is 5.32 Å². The second-order valence-corrected chi connectivity index (χ2v) is 9.85. The van der Waals surface area contributed by atoms with Crippen LogP contribution in [0.25, 0.3) is 0 Å². The highest BCUT2D eigenvalue weighted by Gasteiger charge is 2.14. The third kappa shape index (κ3) is 22.6. The monoisotopic (exact) mass is 437 g/mol. The largest absolute Gasteiger partial charge is 0.307 e. The predicted octanol–water partition coefficient (Wildman–Crippen LogP) is 9.55. The Morgan fingerprint density at radius 2 is 0.871 bits per heavy atom. The van der Waals surface area contributed by atoms with Gasteiger partial charge in [-0.05, 0) is 25.8 Å².